The molecule has 2 nitrogen and oxygen atoms in total. The van der Waals surface area contributed by atoms with Gasteiger partial charge in [-0.2, -0.15) is 0 Å². The molecule has 0 aliphatic rings. The molecule has 0 amide bonds. The van der Waals surface area contributed by atoms with E-state index in [2.05, 4.69) is 0 Å². The molecule has 2 rings (SSSR count). The number of rotatable bonds is 4. The second-order valence-corrected chi connectivity index (χ2v) is 4.64. The number of hydrogen-bond acceptors (Lipinski definition) is 2. The second-order valence-electron chi connectivity index (χ2n) is 3.83. The van der Waals surface area contributed by atoms with E-state index in [0.29, 0.717) is 22.3 Å². The van der Waals surface area contributed by atoms with Gasteiger partial charge >= 0.3 is 0 Å². The fraction of sp³-hybridized carbons (Fsp3) is 0.143. The molecule has 0 aliphatic heterocycles. The highest BCUT2D eigenvalue weighted by atomic mass is 35.5. The molecule has 2 aromatic carbocycles. The smallest absolute Gasteiger partial charge is 0.136 e. The fourth-order valence-corrected chi connectivity index (χ4v) is 1.92. The van der Waals surface area contributed by atoms with Gasteiger partial charge in [0.15, 0.2) is 0 Å². The van der Waals surface area contributed by atoms with Gasteiger partial charge in [0, 0.05) is 12.6 Å². The quantitative estimate of drug-likeness (QED) is 0.917. The summed E-state index contributed by atoms with van der Waals surface area (Å²) in [6, 6.07) is 15.0. The molecule has 2 aromatic rings. The van der Waals surface area contributed by atoms with Crippen LogP contribution < -0.4 is 10.5 Å². The molecule has 2 N–H and O–H groups in total. The van der Waals surface area contributed by atoms with Crippen LogP contribution in [0.4, 0.5) is 0 Å². The van der Waals surface area contributed by atoms with Gasteiger partial charge in [-0.3, -0.25) is 0 Å². The highest BCUT2D eigenvalue weighted by molar-refractivity contribution is 6.42. The third-order valence-corrected chi connectivity index (χ3v) is 3.29. The highest BCUT2D eigenvalue weighted by Gasteiger charge is 2.11. The van der Waals surface area contributed by atoms with Crippen LogP contribution in [0.25, 0.3) is 0 Å². The normalized spacial score (nSPS) is 12.2. The van der Waals surface area contributed by atoms with E-state index < -0.39 is 0 Å². The molecule has 0 spiro atoms. The lowest BCUT2D eigenvalue weighted by atomic mass is 10.1. The zero-order valence-electron chi connectivity index (χ0n) is 9.64. The number of benzene rings is 2. The van der Waals surface area contributed by atoms with Gasteiger partial charge in [0.05, 0.1) is 10.0 Å². The molecular weight excluding hydrogens is 269 g/mol. The Kier molecular flexibility index (Phi) is 4.48. The first-order chi connectivity index (χ1) is 8.70. The number of nitrogens with two attached hydrogens (primary N) is 1. The topological polar surface area (TPSA) is 35.2 Å². The summed E-state index contributed by atoms with van der Waals surface area (Å²) < 4.78 is 5.82. The van der Waals surface area contributed by atoms with E-state index >= 15 is 0 Å². The lowest BCUT2D eigenvalue weighted by molar-refractivity contribution is 0.214. The van der Waals surface area contributed by atoms with Crippen molar-refractivity contribution in [3.63, 3.8) is 0 Å². The summed E-state index contributed by atoms with van der Waals surface area (Å²) >= 11 is 11.8. The Labute approximate surface area is 116 Å². The molecule has 0 radical (unpaired) electrons. The molecule has 0 aliphatic carbocycles. The van der Waals surface area contributed by atoms with E-state index in [1.807, 2.05) is 30.3 Å². The zero-order chi connectivity index (χ0) is 13.0. The molecule has 1 unspecified atom stereocenters. The Balaban J connectivity index is 2.18. The molecule has 18 heavy (non-hydrogen) atoms. The third kappa shape index (κ3) is 3.16. The van der Waals surface area contributed by atoms with E-state index in [1.54, 1.807) is 18.2 Å². The van der Waals surface area contributed by atoms with Crippen LogP contribution in [0.15, 0.2) is 48.5 Å². The number of ether oxygens (including phenoxy) is 1. The summed E-state index contributed by atoms with van der Waals surface area (Å²) in [6.45, 7) is 0.393. The monoisotopic (exact) mass is 281 g/mol. The van der Waals surface area contributed by atoms with Gasteiger partial charge in [-0.15, -0.1) is 0 Å². The first kappa shape index (κ1) is 13.2. The maximum atomic E-state index is 5.94. The van der Waals surface area contributed by atoms with Crippen LogP contribution >= 0.6 is 23.2 Å². The Morgan fingerprint density at radius 1 is 1.00 bits per heavy atom. The molecule has 0 aromatic heterocycles. The van der Waals surface area contributed by atoms with Gasteiger partial charge < -0.3 is 10.5 Å². The molecule has 0 fully saturated rings. The predicted octanol–water partition coefficient (Wildman–Crippen LogP) is 4.07. The van der Waals surface area contributed by atoms with Crippen molar-refractivity contribution < 1.29 is 4.74 Å². The molecule has 1 atom stereocenters. The molecular formula is C14H13Cl2NO. The third-order valence-electron chi connectivity index (χ3n) is 2.55. The van der Waals surface area contributed by atoms with Crippen molar-refractivity contribution in [3.8, 4) is 5.75 Å². The molecule has 4 heteroatoms. The summed E-state index contributed by atoms with van der Waals surface area (Å²) in [5.74, 6) is 0.656. The van der Waals surface area contributed by atoms with Crippen molar-refractivity contribution in [2.75, 3.05) is 6.54 Å². The van der Waals surface area contributed by atoms with E-state index in [9.17, 15) is 0 Å². The Morgan fingerprint density at radius 2 is 1.72 bits per heavy atom. The maximum Gasteiger partial charge on any atom is 0.136 e. The van der Waals surface area contributed by atoms with Gasteiger partial charge in [-0.25, -0.2) is 0 Å². The SMILES string of the molecule is NCC(Oc1ccc(Cl)c(Cl)c1)c1ccccc1. The second kappa shape index (κ2) is 6.10. The average Bonchev–Trinajstić information content (AvgIpc) is 2.41. The van der Waals surface area contributed by atoms with E-state index in [-0.39, 0.29) is 6.10 Å². The summed E-state index contributed by atoms with van der Waals surface area (Å²) in [6.07, 6.45) is -0.191. The highest BCUT2D eigenvalue weighted by Crippen LogP contribution is 2.29. The molecule has 0 bridgehead atoms. The van der Waals surface area contributed by atoms with Crippen LogP contribution in [0, 0.1) is 0 Å². The lowest BCUT2D eigenvalue weighted by Crippen LogP contribution is -2.18. The first-order valence-corrected chi connectivity index (χ1v) is 6.33. The first-order valence-electron chi connectivity index (χ1n) is 5.57. The van der Waals surface area contributed by atoms with Crippen molar-refractivity contribution in [2.45, 2.75) is 6.10 Å². The van der Waals surface area contributed by atoms with Crippen LogP contribution in [0.1, 0.15) is 11.7 Å². The van der Waals surface area contributed by atoms with Crippen LogP contribution in [-0.4, -0.2) is 6.54 Å². The van der Waals surface area contributed by atoms with Crippen molar-refractivity contribution in [3.05, 3.63) is 64.1 Å². The van der Waals surface area contributed by atoms with Gasteiger partial charge in [0.2, 0.25) is 0 Å². The summed E-state index contributed by atoms with van der Waals surface area (Å²) in [4.78, 5) is 0. The molecule has 0 saturated carbocycles. The molecule has 0 heterocycles. The van der Waals surface area contributed by atoms with Crippen molar-refractivity contribution in [1.82, 2.24) is 0 Å². The Morgan fingerprint density at radius 3 is 2.33 bits per heavy atom. The van der Waals surface area contributed by atoms with Crippen LogP contribution in [0.2, 0.25) is 10.0 Å². The minimum absolute atomic E-state index is 0.191. The molecule has 94 valence electrons. The van der Waals surface area contributed by atoms with Crippen LogP contribution in [0.3, 0.4) is 0 Å². The number of hydrogen-bond donors (Lipinski definition) is 1. The van der Waals surface area contributed by atoms with Crippen LogP contribution in [0.5, 0.6) is 5.75 Å². The van der Waals surface area contributed by atoms with E-state index in [1.165, 1.54) is 0 Å². The minimum atomic E-state index is -0.191. The van der Waals surface area contributed by atoms with Gasteiger partial charge in [-0.1, -0.05) is 53.5 Å². The largest absolute Gasteiger partial charge is 0.484 e. The molecule has 0 saturated heterocycles. The van der Waals surface area contributed by atoms with Gasteiger partial charge in [-0.05, 0) is 17.7 Å². The summed E-state index contributed by atoms with van der Waals surface area (Å²) in [5, 5.41) is 0.978. The lowest BCUT2D eigenvalue weighted by Gasteiger charge is -2.18. The Bertz CT molecular complexity index is 516. The van der Waals surface area contributed by atoms with Crippen molar-refractivity contribution >= 4 is 23.2 Å². The van der Waals surface area contributed by atoms with Crippen LogP contribution in [-0.2, 0) is 0 Å². The average molecular weight is 282 g/mol. The van der Waals surface area contributed by atoms with Crippen molar-refractivity contribution in [1.29, 1.82) is 0 Å². The van der Waals surface area contributed by atoms with Gasteiger partial charge in [0.25, 0.3) is 0 Å². The standard InChI is InChI=1S/C14H13Cl2NO/c15-12-7-6-11(8-13(12)16)18-14(9-17)10-4-2-1-3-5-10/h1-8,14H,9,17H2. The van der Waals surface area contributed by atoms with Crippen molar-refractivity contribution in [2.24, 2.45) is 5.73 Å². The summed E-state index contributed by atoms with van der Waals surface area (Å²) in [7, 11) is 0. The van der Waals surface area contributed by atoms with E-state index in [4.69, 9.17) is 33.7 Å². The van der Waals surface area contributed by atoms with Gasteiger partial charge in [0.1, 0.15) is 11.9 Å². The predicted molar refractivity (Wildman–Crippen MR) is 75.3 cm³/mol. The summed E-state index contributed by atoms with van der Waals surface area (Å²) in [5.41, 5.74) is 6.77. The zero-order valence-corrected chi connectivity index (χ0v) is 11.2. The minimum Gasteiger partial charge on any atom is -0.484 e. The van der Waals surface area contributed by atoms with E-state index in [0.717, 1.165) is 5.56 Å². The Hall–Kier alpha value is -1.22. The fourth-order valence-electron chi connectivity index (χ4n) is 1.63. The number of halogens is 2. The maximum absolute atomic E-state index is 5.94.